The van der Waals surface area contributed by atoms with Crippen LogP contribution in [0.5, 0.6) is 5.75 Å². The molecule has 1 aliphatic rings. The minimum absolute atomic E-state index is 0.106. The lowest BCUT2D eigenvalue weighted by atomic mass is 9.73. The normalized spacial score (nSPS) is 20.2. The highest BCUT2D eigenvalue weighted by atomic mass is 16.5. The van der Waals surface area contributed by atoms with Gasteiger partial charge in [-0.15, -0.1) is 0 Å². The molecule has 0 aliphatic carbocycles. The molecular formula is C16H20N2O5. The van der Waals surface area contributed by atoms with Crippen molar-refractivity contribution in [2.75, 3.05) is 6.61 Å². The second-order valence-corrected chi connectivity index (χ2v) is 6.19. The van der Waals surface area contributed by atoms with Crippen LogP contribution in [-0.2, 0) is 14.4 Å². The van der Waals surface area contributed by atoms with Crippen LogP contribution in [0.3, 0.4) is 0 Å². The van der Waals surface area contributed by atoms with Gasteiger partial charge in [-0.2, -0.15) is 0 Å². The predicted octanol–water partition coefficient (Wildman–Crippen LogP) is 0.550. The summed E-state index contributed by atoms with van der Waals surface area (Å²) in [4.78, 5) is 34.5. The van der Waals surface area contributed by atoms with Gasteiger partial charge in [0.25, 0.3) is 5.91 Å². The van der Waals surface area contributed by atoms with E-state index in [2.05, 4.69) is 10.6 Å². The molecule has 23 heavy (non-hydrogen) atoms. The van der Waals surface area contributed by atoms with E-state index in [-0.39, 0.29) is 18.9 Å². The zero-order chi connectivity index (χ0) is 17.0. The van der Waals surface area contributed by atoms with Gasteiger partial charge in [-0.25, -0.2) is 0 Å². The summed E-state index contributed by atoms with van der Waals surface area (Å²) in [6.07, 6.45) is -0.106. The number of ether oxygens (including phenoxy) is 1. The molecule has 1 heterocycles. The van der Waals surface area contributed by atoms with Crippen LogP contribution in [0.15, 0.2) is 30.3 Å². The molecule has 0 spiro atoms. The summed E-state index contributed by atoms with van der Waals surface area (Å²) in [6.45, 7) is 3.27. The maximum Gasteiger partial charge on any atom is 0.303 e. The molecule has 0 bridgehead atoms. The number of rotatable bonds is 7. The minimum atomic E-state index is -0.950. The molecule has 0 radical (unpaired) electrons. The molecule has 1 aromatic rings. The SMILES string of the molecule is CC(C)(CC(=O)O)C1NC(=O)C1NC(=O)COc1ccccc1. The first-order valence-corrected chi connectivity index (χ1v) is 7.29. The lowest BCUT2D eigenvalue weighted by molar-refractivity contribution is -0.145. The molecule has 1 fully saturated rings. The molecular weight excluding hydrogens is 300 g/mol. The van der Waals surface area contributed by atoms with Gasteiger partial charge < -0.3 is 20.5 Å². The van der Waals surface area contributed by atoms with Crippen molar-refractivity contribution in [2.24, 2.45) is 5.41 Å². The van der Waals surface area contributed by atoms with E-state index in [0.717, 1.165) is 0 Å². The highest BCUT2D eigenvalue weighted by Gasteiger charge is 2.49. The topological polar surface area (TPSA) is 105 Å². The lowest BCUT2D eigenvalue weighted by Gasteiger charge is -2.46. The number of hydrogen-bond acceptors (Lipinski definition) is 4. The fourth-order valence-electron chi connectivity index (χ4n) is 2.56. The van der Waals surface area contributed by atoms with Crippen LogP contribution in [0.25, 0.3) is 0 Å². The Hall–Kier alpha value is -2.57. The van der Waals surface area contributed by atoms with E-state index >= 15 is 0 Å². The monoisotopic (exact) mass is 320 g/mol. The van der Waals surface area contributed by atoms with Crippen molar-refractivity contribution in [2.45, 2.75) is 32.4 Å². The Bertz CT molecular complexity index is 600. The number of nitrogens with one attached hydrogen (secondary N) is 2. The van der Waals surface area contributed by atoms with Crippen LogP contribution < -0.4 is 15.4 Å². The molecule has 3 N–H and O–H groups in total. The lowest BCUT2D eigenvalue weighted by Crippen LogP contribution is -2.73. The van der Waals surface area contributed by atoms with E-state index in [1.165, 1.54) is 0 Å². The van der Waals surface area contributed by atoms with E-state index in [1.54, 1.807) is 38.1 Å². The number of para-hydroxylation sites is 1. The third kappa shape index (κ3) is 4.21. The summed E-state index contributed by atoms with van der Waals surface area (Å²) >= 11 is 0. The van der Waals surface area contributed by atoms with Gasteiger partial charge in [-0.1, -0.05) is 32.0 Å². The fraction of sp³-hybridized carbons (Fsp3) is 0.438. The molecule has 0 aromatic heterocycles. The van der Waals surface area contributed by atoms with E-state index in [0.29, 0.717) is 5.75 Å². The Morgan fingerprint density at radius 1 is 1.30 bits per heavy atom. The Balaban J connectivity index is 1.89. The smallest absolute Gasteiger partial charge is 0.303 e. The van der Waals surface area contributed by atoms with Crippen LogP contribution in [0.1, 0.15) is 20.3 Å². The first kappa shape index (κ1) is 16.8. The van der Waals surface area contributed by atoms with Crippen LogP contribution in [0.2, 0.25) is 0 Å². The number of benzene rings is 1. The molecule has 7 heteroatoms. The van der Waals surface area contributed by atoms with Gasteiger partial charge >= 0.3 is 5.97 Å². The molecule has 2 atom stereocenters. The number of β-lactam (4-membered cyclic amide) rings is 1. The summed E-state index contributed by atoms with van der Waals surface area (Å²) in [5.74, 6) is -1.14. The average molecular weight is 320 g/mol. The first-order valence-electron chi connectivity index (χ1n) is 7.29. The number of carbonyl (C=O) groups is 3. The van der Waals surface area contributed by atoms with Gasteiger partial charge in [0.05, 0.1) is 12.5 Å². The standard InChI is InChI=1S/C16H20N2O5/c1-16(2,8-12(20)21)14-13(15(22)18-14)17-11(19)9-23-10-6-4-3-5-7-10/h3-7,13-14H,8-9H2,1-2H3,(H,17,19)(H,18,22)(H,20,21). The molecule has 1 aromatic carbocycles. The number of carboxylic acid groups (broad SMARTS) is 1. The van der Waals surface area contributed by atoms with Gasteiger partial charge in [0, 0.05) is 0 Å². The van der Waals surface area contributed by atoms with Crippen LogP contribution in [0, 0.1) is 5.41 Å². The van der Waals surface area contributed by atoms with Crippen LogP contribution >= 0.6 is 0 Å². The average Bonchev–Trinajstić information content (AvgIpc) is 2.48. The minimum Gasteiger partial charge on any atom is -0.484 e. The number of hydrogen-bond donors (Lipinski definition) is 3. The largest absolute Gasteiger partial charge is 0.484 e. The van der Waals surface area contributed by atoms with Crippen molar-refractivity contribution in [1.82, 2.24) is 10.6 Å². The molecule has 124 valence electrons. The van der Waals surface area contributed by atoms with Gasteiger partial charge in [-0.3, -0.25) is 14.4 Å². The number of carbonyl (C=O) groups excluding carboxylic acids is 2. The third-order valence-corrected chi connectivity index (χ3v) is 3.79. The molecule has 2 unspecified atom stereocenters. The summed E-state index contributed by atoms with van der Waals surface area (Å²) in [5, 5.41) is 14.2. The second-order valence-electron chi connectivity index (χ2n) is 6.19. The van der Waals surface area contributed by atoms with Gasteiger partial charge in [0.1, 0.15) is 11.8 Å². The summed E-state index contributed by atoms with van der Waals surface area (Å²) < 4.78 is 5.32. The highest BCUT2D eigenvalue weighted by Crippen LogP contribution is 2.31. The van der Waals surface area contributed by atoms with Gasteiger partial charge in [0.2, 0.25) is 5.91 Å². The maximum absolute atomic E-state index is 11.9. The zero-order valence-electron chi connectivity index (χ0n) is 13.0. The predicted molar refractivity (Wildman–Crippen MR) is 81.8 cm³/mol. The van der Waals surface area contributed by atoms with Crippen molar-refractivity contribution in [3.05, 3.63) is 30.3 Å². The molecule has 1 saturated heterocycles. The summed E-state index contributed by atoms with van der Waals surface area (Å²) in [6, 6.07) is 7.70. The first-order chi connectivity index (χ1) is 10.8. The second kappa shape index (κ2) is 6.68. The molecule has 0 saturated carbocycles. The van der Waals surface area contributed by atoms with Crippen molar-refractivity contribution in [1.29, 1.82) is 0 Å². The van der Waals surface area contributed by atoms with Crippen molar-refractivity contribution in [3.63, 3.8) is 0 Å². The quantitative estimate of drug-likeness (QED) is 0.636. The van der Waals surface area contributed by atoms with Gasteiger partial charge in [-0.05, 0) is 17.5 Å². The van der Waals surface area contributed by atoms with E-state index in [1.807, 2.05) is 6.07 Å². The summed E-state index contributed by atoms with van der Waals surface area (Å²) in [5.41, 5.74) is -0.669. The third-order valence-electron chi connectivity index (χ3n) is 3.79. The number of carboxylic acids is 1. The Kier molecular flexibility index (Phi) is 4.88. The number of aliphatic carboxylic acids is 1. The van der Waals surface area contributed by atoms with Crippen LogP contribution in [0.4, 0.5) is 0 Å². The fourth-order valence-corrected chi connectivity index (χ4v) is 2.56. The summed E-state index contributed by atoms with van der Waals surface area (Å²) in [7, 11) is 0. The van der Waals surface area contributed by atoms with Gasteiger partial charge in [0.15, 0.2) is 6.61 Å². The molecule has 7 nitrogen and oxygen atoms in total. The number of amides is 2. The Morgan fingerprint density at radius 3 is 2.52 bits per heavy atom. The maximum atomic E-state index is 11.9. The Labute approximate surface area is 134 Å². The molecule has 1 aliphatic heterocycles. The van der Waals surface area contributed by atoms with Crippen molar-refractivity contribution >= 4 is 17.8 Å². The van der Waals surface area contributed by atoms with E-state index < -0.39 is 29.4 Å². The van der Waals surface area contributed by atoms with Crippen LogP contribution in [-0.4, -0.2) is 41.6 Å². The van der Waals surface area contributed by atoms with E-state index in [4.69, 9.17) is 9.84 Å². The highest BCUT2D eigenvalue weighted by molar-refractivity contribution is 5.94. The molecule has 2 amide bonds. The Morgan fingerprint density at radius 2 is 1.96 bits per heavy atom. The molecule has 2 rings (SSSR count). The van der Waals surface area contributed by atoms with Crippen molar-refractivity contribution in [3.8, 4) is 5.75 Å². The van der Waals surface area contributed by atoms with Crippen molar-refractivity contribution < 1.29 is 24.2 Å². The van der Waals surface area contributed by atoms with E-state index in [9.17, 15) is 14.4 Å². The zero-order valence-corrected chi connectivity index (χ0v) is 13.0.